The number of aliphatic hydroxyl groups excluding tert-OH is 1. The third-order valence-electron chi connectivity index (χ3n) is 4.17. The van der Waals surface area contributed by atoms with Crippen molar-refractivity contribution in [1.82, 2.24) is 10.3 Å². The molecular formula is C16H24N2O2. The highest BCUT2D eigenvalue weighted by Crippen LogP contribution is 2.26. The van der Waals surface area contributed by atoms with Gasteiger partial charge in [0.25, 0.3) is 0 Å². The SMILES string of the molecule is Cc1cc(C)c(CNC(=O)[C@H](O)C2CCCCC2)cn1. The van der Waals surface area contributed by atoms with Gasteiger partial charge in [0, 0.05) is 18.4 Å². The van der Waals surface area contributed by atoms with E-state index in [2.05, 4.69) is 10.3 Å². The van der Waals surface area contributed by atoms with Crippen LogP contribution in [0.15, 0.2) is 12.3 Å². The number of hydrogen-bond donors (Lipinski definition) is 2. The number of aryl methyl sites for hydroxylation is 2. The molecule has 2 rings (SSSR count). The van der Waals surface area contributed by atoms with E-state index in [1.807, 2.05) is 19.9 Å². The Morgan fingerprint density at radius 2 is 2.10 bits per heavy atom. The van der Waals surface area contributed by atoms with Gasteiger partial charge in [-0.15, -0.1) is 0 Å². The molecule has 0 unspecified atom stereocenters. The fourth-order valence-electron chi connectivity index (χ4n) is 2.86. The summed E-state index contributed by atoms with van der Waals surface area (Å²) in [5.74, 6) is -0.127. The van der Waals surface area contributed by atoms with Crippen molar-refractivity contribution in [3.63, 3.8) is 0 Å². The fourth-order valence-corrected chi connectivity index (χ4v) is 2.86. The molecule has 20 heavy (non-hydrogen) atoms. The molecule has 0 aromatic carbocycles. The lowest BCUT2D eigenvalue weighted by Crippen LogP contribution is -2.39. The number of carbonyl (C=O) groups excluding carboxylic acids is 1. The van der Waals surface area contributed by atoms with Crippen LogP contribution in [0.4, 0.5) is 0 Å². The van der Waals surface area contributed by atoms with E-state index in [0.29, 0.717) is 6.54 Å². The van der Waals surface area contributed by atoms with Crippen molar-refractivity contribution in [3.05, 3.63) is 29.1 Å². The Morgan fingerprint density at radius 1 is 1.40 bits per heavy atom. The Bertz CT molecular complexity index is 468. The first kappa shape index (κ1) is 15.0. The van der Waals surface area contributed by atoms with Crippen molar-refractivity contribution < 1.29 is 9.90 Å². The molecule has 1 amide bonds. The quantitative estimate of drug-likeness (QED) is 0.886. The van der Waals surface area contributed by atoms with Crippen LogP contribution in [-0.4, -0.2) is 22.1 Å². The van der Waals surface area contributed by atoms with E-state index in [1.54, 1.807) is 6.20 Å². The summed E-state index contributed by atoms with van der Waals surface area (Å²) in [5.41, 5.74) is 3.09. The first-order chi connectivity index (χ1) is 9.58. The second-order valence-corrected chi connectivity index (χ2v) is 5.81. The van der Waals surface area contributed by atoms with E-state index in [-0.39, 0.29) is 11.8 Å². The summed E-state index contributed by atoms with van der Waals surface area (Å²) >= 11 is 0. The normalized spacial score (nSPS) is 17.8. The Labute approximate surface area is 120 Å². The zero-order chi connectivity index (χ0) is 14.5. The van der Waals surface area contributed by atoms with Crippen molar-refractivity contribution >= 4 is 5.91 Å². The molecule has 0 radical (unpaired) electrons. The van der Waals surface area contributed by atoms with Crippen LogP contribution in [-0.2, 0) is 11.3 Å². The van der Waals surface area contributed by atoms with Crippen molar-refractivity contribution in [2.24, 2.45) is 5.92 Å². The van der Waals surface area contributed by atoms with Crippen LogP contribution in [0.5, 0.6) is 0 Å². The van der Waals surface area contributed by atoms with Gasteiger partial charge in [-0.2, -0.15) is 0 Å². The molecule has 1 fully saturated rings. The highest BCUT2D eigenvalue weighted by molar-refractivity contribution is 5.80. The predicted octanol–water partition coefficient (Wildman–Crippen LogP) is 2.26. The Kier molecular flexibility index (Phi) is 5.12. The lowest BCUT2D eigenvalue weighted by molar-refractivity contribution is -0.132. The molecular weight excluding hydrogens is 252 g/mol. The average molecular weight is 276 g/mol. The third kappa shape index (κ3) is 3.79. The molecule has 0 aliphatic heterocycles. The third-order valence-corrected chi connectivity index (χ3v) is 4.17. The smallest absolute Gasteiger partial charge is 0.249 e. The maximum Gasteiger partial charge on any atom is 0.249 e. The molecule has 1 atom stereocenters. The molecule has 1 aromatic rings. The number of hydrogen-bond acceptors (Lipinski definition) is 3. The number of aromatic nitrogens is 1. The van der Waals surface area contributed by atoms with Gasteiger partial charge in [0.15, 0.2) is 0 Å². The lowest BCUT2D eigenvalue weighted by atomic mass is 9.85. The molecule has 0 bridgehead atoms. The minimum atomic E-state index is -0.867. The maximum atomic E-state index is 12.0. The van der Waals surface area contributed by atoms with Gasteiger partial charge < -0.3 is 10.4 Å². The summed E-state index contributed by atoms with van der Waals surface area (Å²) in [5, 5.41) is 12.9. The second-order valence-electron chi connectivity index (χ2n) is 5.81. The molecule has 0 spiro atoms. The van der Waals surface area contributed by atoms with E-state index >= 15 is 0 Å². The largest absolute Gasteiger partial charge is 0.383 e. The number of amides is 1. The van der Waals surface area contributed by atoms with Crippen LogP contribution in [0, 0.1) is 19.8 Å². The Balaban J connectivity index is 1.87. The zero-order valence-corrected chi connectivity index (χ0v) is 12.4. The van der Waals surface area contributed by atoms with Gasteiger partial charge in [-0.25, -0.2) is 0 Å². The standard InChI is InChI=1S/C16H24N2O2/c1-11-8-12(2)17-9-14(11)10-18-16(20)15(19)13-6-4-3-5-7-13/h8-9,13,15,19H,3-7,10H2,1-2H3,(H,18,20)/t15-/m1/s1. The highest BCUT2D eigenvalue weighted by atomic mass is 16.3. The van der Waals surface area contributed by atoms with Gasteiger partial charge in [-0.1, -0.05) is 19.3 Å². The van der Waals surface area contributed by atoms with Gasteiger partial charge in [0.2, 0.25) is 5.91 Å². The first-order valence-corrected chi connectivity index (χ1v) is 7.46. The summed E-state index contributed by atoms with van der Waals surface area (Å²) in [7, 11) is 0. The first-order valence-electron chi connectivity index (χ1n) is 7.46. The Hall–Kier alpha value is -1.42. The molecule has 1 aliphatic carbocycles. The minimum Gasteiger partial charge on any atom is -0.383 e. The van der Waals surface area contributed by atoms with Gasteiger partial charge in [-0.3, -0.25) is 9.78 Å². The van der Waals surface area contributed by atoms with E-state index in [0.717, 1.165) is 42.5 Å². The number of nitrogens with zero attached hydrogens (tertiary/aromatic N) is 1. The van der Waals surface area contributed by atoms with Crippen molar-refractivity contribution in [2.45, 2.75) is 58.6 Å². The second kappa shape index (κ2) is 6.84. The van der Waals surface area contributed by atoms with E-state index in [1.165, 1.54) is 6.42 Å². The van der Waals surface area contributed by atoms with Crippen molar-refractivity contribution in [1.29, 1.82) is 0 Å². The highest BCUT2D eigenvalue weighted by Gasteiger charge is 2.27. The van der Waals surface area contributed by atoms with Gasteiger partial charge in [0.1, 0.15) is 6.10 Å². The summed E-state index contributed by atoms with van der Waals surface area (Å²) in [6.07, 6.45) is 6.30. The van der Waals surface area contributed by atoms with Crippen LogP contribution in [0.25, 0.3) is 0 Å². The van der Waals surface area contributed by atoms with Crippen LogP contribution in [0.1, 0.15) is 48.9 Å². The fraction of sp³-hybridized carbons (Fsp3) is 0.625. The zero-order valence-electron chi connectivity index (χ0n) is 12.4. The Morgan fingerprint density at radius 3 is 2.75 bits per heavy atom. The van der Waals surface area contributed by atoms with Crippen molar-refractivity contribution in [3.8, 4) is 0 Å². The lowest BCUT2D eigenvalue weighted by Gasteiger charge is -2.25. The number of pyridine rings is 1. The maximum absolute atomic E-state index is 12.0. The van der Waals surface area contributed by atoms with Gasteiger partial charge >= 0.3 is 0 Å². The molecule has 2 N–H and O–H groups in total. The minimum absolute atomic E-state index is 0.126. The monoisotopic (exact) mass is 276 g/mol. The van der Waals surface area contributed by atoms with Crippen LogP contribution >= 0.6 is 0 Å². The van der Waals surface area contributed by atoms with Crippen LogP contribution in [0.3, 0.4) is 0 Å². The van der Waals surface area contributed by atoms with E-state index < -0.39 is 6.10 Å². The molecule has 0 saturated heterocycles. The van der Waals surface area contributed by atoms with Gasteiger partial charge in [0.05, 0.1) is 0 Å². The van der Waals surface area contributed by atoms with Gasteiger partial charge in [-0.05, 0) is 49.8 Å². The molecule has 1 aromatic heterocycles. The molecule has 4 heteroatoms. The number of nitrogens with one attached hydrogen (secondary N) is 1. The molecule has 4 nitrogen and oxygen atoms in total. The summed E-state index contributed by atoms with van der Waals surface area (Å²) in [4.78, 5) is 16.3. The molecule has 1 heterocycles. The van der Waals surface area contributed by atoms with Crippen LogP contribution in [0.2, 0.25) is 0 Å². The number of rotatable bonds is 4. The summed E-state index contributed by atoms with van der Waals surface area (Å²) < 4.78 is 0. The number of aliphatic hydroxyl groups is 1. The molecule has 110 valence electrons. The summed E-state index contributed by atoms with van der Waals surface area (Å²) in [6, 6.07) is 2.00. The topological polar surface area (TPSA) is 62.2 Å². The van der Waals surface area contributed by atoms with E-state index in [4.69, 9.17) is 0 Å². The van der Waals surface area contributed by atoms with Crippen molar-refractivity contribution in [2.75, 3.05) is 0 Å². The summed E-state index contributed by atoms with van der Waals surface area (Å²) in [6.45, 7) is 4.39. The average Bonchev–Trinajstić information content (AvgIpc) is 2.46. The molecule has 1 saturated carbocycles. The predicted molar refractivity (Wildman–Crippen MR) is 78.1 cm³/mol. The van der Waals surface area contributed by atoms with E-state index in [9.17, 15) is 9.90 Å². The van der Waals surface area contributed by atoms with Crippen LogP contribution < -0.4 is 5.32 Å². The molecule has 1 aliphatic rings. The number of carbonyl (C=O) groups is 1.